The number of para-hydroxylation sites is 1. The summed E-state index contributed by atoms with van der Waals surface area (Å²) < 4.78 is 1.90. The van der Waals surface area contributed by atoms with Crippen molar-refractivity contribution in [1.82, 2.24) is 19.6 Å². The van der Waals surface area contributed by atoms with Crippen LogP contribution in [0.3, 0.4) is 0 Å². The number of anilines is 1. The molecule has 1 aromatic carbocycles. The van der Waals surface area contributed by atoms with Crippen LogP contribution in [-0.4, -0.2) is 26.6 Å². The Morgan fingerprint density at radius 3 is 2.76 bits per heavy atom. The molecule has 5 heteroatoms. The topological polar surface area (TPSA) is 46.3 Å². The average Bonchev–Trinajstić information content (AvgIpc) is 3.09. The Balaban J connectivity index is 1.77. The van der Waals surface area contributed by atoms with Gasteiger partial charge in [0.1, 0.15) is 5.82 Å². The molecule has 4 rings (SSSR count). The van der Waals surface area contributed by atoms with E-state index in [0.717, 1.165) is 29.2 Å². The fourth-order valence-electron chi connectivity index (χ4n) is 3.11. The van der Waals surface area contributed by atoms with E-state index in [2.05, 4.69) is 60.1 Å². The van der Waals surface area contributed by atoms with Gasteiger partial charge in [0.25, 0.3) is 0 Å². The molecule has 3 aromatic heterocycles. The summed E-state index contributed by atoms with van der Waals surface area (Å²) in [6, 6.07) is 14.4. The highest BCUT2D eigenvalue weighted by atomic mass is 15.3. The SMILES string of the molecule is CC(C)c1cc(N(C)Cc2ccnc3ccccc23)n2nccc2n1. The van der Waals surface area contributed by atoms with Gasteiger partial charge in [-0.3, -0.25) is 4.98 Å². The van der Waals surface area contributed by atoms with Gasteiger partial charge in [-0.1, -0.05) is 32.0 Å². The molecule has 0 aliphatic heterocycles. The molecule has 0 amide bonds. The summed E-state index contributed by atoms with van der Waals surface area (Å²) in [6.45, 7) is 5.10. The van der Waals surface area contributed by atoms with Crippen LogP contribution in [0.5, 0.6) is 0 Å². The van der Waals surface area contributed by atoms with E-state index in [4.69, 9.17) is 4.98 Å². The largest absolute Gasteiger partial charge is 0.355 e. The molecule has 0 N–H and O–H groups in total. The second-order valence-corrected chi connectivity index (χ2v) is 6.64. The molecular weight excluding hydrogens is 310 g/mol. The number of benzene rings is 1. The van der Waals surface area contributed by atoms with Crippen LogP contribution < -0.4 is 4.90 Å². The summed E-state index contributed by atoms with van der Waals surface area (Å²) >= 11 is 0. The first-order chi connectivity index (χ1) is 12.1. The van der Waals surface area contributed by atoms with Gasteiger partial charge in [0.2, 0.25) is 0 Å². The summed E-state index contributed by atoms with van der Waals surface area (Å²) in [5.41, 5.74) is 4.23. The second kappa shape index (κ2) is 6.16. The van der Waals surface area contributed by atoms with Crippen LogP contribution in [0.4, 0.5) is 5.82 Å². The Hall–Kier alpha value is -2.95. The van der Waals surface area contributed by atoms with Crippen LogP contribution in [0, 0.1) is 0 Å². The monoisotopic (exact) mass is 331 g/mol. The van der Waals surface area contributed by atoms with Crippen LogP contribution in [0.15, 0.2) is 54.9 Å². The first-order valence-electron chi connectivity index (χ1n) is 8.52. The minimum absolute atomic E-state index is 0.369. The van der Waals surface area contributed by atoms with Gasteiger partial charge in [-0.2, -0.15) is 9.61 Å². The quantitative estimate of drug-likeness (QED) is 0.566. The maximum Gasteiger partial charge on any atom is 0.157 e. The highest BCUT2D eigenvalue weighted by molar-refractivity contribution is 5.82. The number of rotatable bonds is 4. The smallest absolute Gasteiger partial charge is 0.157 e. The van der Waals surface area contributed by atoms with Gasteiger partial charge < -0.3 is 4.90 Å². The Morgan fingerprint density at radius 1 is 1.08 bits per heavy atom. The van der Waals surface area contributed by atoms with Gasteiger partial charge in [0.05, 0.1) is 11.7 Å². The molecule has 5 nitrogen and oxygen atoms in total. The van der Waals surface area contributed by atoms with E-state index < -0.39 is 0 Å². The van der Waals surface area contributed by atoms with E-state index in [1.165, 1.54) is 10.9 Å². The normalized spacial score (nSPS) is 11.5. The predicted molar refractivity (Wildman–Crippen MR) is 101 cm³/mol. The zero-order valence-electron chi connectivity index (χ0n) is 14.7. The number of fused-ring (bicyclic) bond motifs is 2. The van der Waals surface area contributed by atoms with E-state index in [9.17, 15) is 0 Å². The third-order valence-corrected chi connectivity index (χ3v) is 4.49. The second-order valence-electron chi connectivity index (χ2n) is 6.64. The molecule has 0 saturated carbocycles. The average molecular weight is 331 g/mol. The van der Waals surface area contributed by atoms with Crippen LogP contribution >= 0.6 is 0 Å². The number of nitrogens with zero attached hydrogens (tertiary/aromatic N) is 5. The maximum atomic E-state index is 4.70. The highest BCUT2D eigenvalue weighted by Gasteiger charge is 2.13. The Labute approximate surface area is 147 Å². The van der Waals surface area contributed by atoms with Gasteiger partial charge in [-0.05, 0) is 23.6 Å². The Kier molecular flexibility index (Phi) is 3.84. The maximum absolute atomic E-state index is 4.70. The lowest BCUT2D eigenvalue weighted by Crippen LogP contribution is -2.21. The number of hydrogen-bond acceptors (Lipinski definition) is 4. The zero-order chi connectivity index (χ0) is 17.4. The molecule has 4 aromatic rings. The van der Waals surface area contributed by atoms with Crippen LogP contribution in [0.2, 0.25) is 0 Å². The number of hydrogen-bond donors (Lipinski definition) is 0. The molecule has 126 valence electrons. The van der Waals surface area contributed by atoms with Crippen LogP contribution in [0.1, 0.15) is 31.0 Å². The molecule has 0 radical (unpaired) electrons. The lowest BCUT2D eigenvalue weighted by molar-refractivity contribution is 0.786. The standard InChI is InChI=1S/C20H21N5/c1-14(2)18-12-20(25-19(23-18)9-11-22-25)24(3)13-15-8-10-21-17-7-5-4-6-16(15)17/h4-12,14H,13H2,1-3H3. The fraction of sp³-hybridized carbons (Fsp3) is 0.250. The van der Waals surface area contributed by atoms with E-state index in [0.29, 0.717) is 5.92 Å². The minimum atomic E-state index is 0.369. The molecule has 0 aliphatic carbocycles. The summed E-state index contributed by atoms with van der Waals surface area (Å²) in [7, 11) is 2.09. The van der Waals surface area contributed by atoms with Gasteiger partial charge in [0.15, 0.2) is 5.65 Å². The molecule has 0 atom stereocenters. The van der Waals surface area contributed by atoms with Gasteiger partial charge in [0, 0.05) is 43.0 Å². The Bertz CT molecular complexity index is 1030. The van der Waals surface area contributed by atoms with Gasteiger partial charge >= 0.3 is 0 Å². The summed E-state index contributed by atoms with van der Waals surface area (Å²) in [4.78, 5) is 11.4. The first kappa shape index (κ1) is 15.6. The lowest BCUT2D eigenvalue weighted by Gasteiger charge is -2.22. The van der Waals surface area contributed by atoms with Gasteiger partial charge in [-0.15, -0.1) is 0 Å². The van der Waals surface area contributed by atoms with Crippen molar-refractivity contribution in [2.24, 2.45) is 0 Å². The molecule has 0 bridgehead atoms. The first-order valence-corrected chi connectivity index (χ1v) is 8.52. The molecule has 0 spiro atoms. The van der Waals surface area contributed by atoms with Crippen molar-refractivity contribution in [2.75, 3.05) is 11.9 Å². The third-order valence-electron chi connectivity index (χ3n) is 4.49. The number of pyridine rings is 1. The van der Waals surface area contributed by atoms with E-state index in [-0.39, 0.29) is 0 Å². The van der Waals surface area contributed by atoms with Crippen molar-refractivity contribution in [2.45, 2.75) is 26.3 Å². The van der Waals surface area contributed by atoms with Crippen LogP contribution in [0.25, 0.3) is 16.6 Å². The molecular formula is C20H21N5. The van der Waals surface area contributed by atoms with Crippen molar-refractivity contribution in [3.8, 4) is 0 Å². The highest BCUT2D eigenvalue weighted by Crippen LogP contribution is 2.24. The summed E-state index contributed by atoms with van der Waals surface area (Å²) in [6.07, 6.45) is 3.67. The predicted octanol–water partition coefficient (Wildman–Crippen LogP) is 4.04. The van der Waals surface area contributed by atoms with Crippen LogP contribution in [-0.2, 0) is 6.54 Å². The molecule has 25 heavy (non-hydrogen) atoms. The van der Waals surface area contributed by atoms with Crippen molar-refractivity contribution in [3.05, 3.63) is 66.1 Å². The van der Waals surface area contributed by atoms with E-state index in [1.807, 2.05) is 28.9 Å². The fourth-order valence-corrected chi connectivity index (χ4v) is 3.11. The van der Waals surface area contributed by atoms with Crippen molar-refractivity contribution in [3.63, 3.8) is 0 Å². The lowest BCUT2D eigenvalue weighted by atomic mass is 10.1. The Morgan fingerprint density at radius 2 is 1.92 bits per heavy atom. The van der Waals surface area contributed by atoms with E-state index in [1.54, 1.807) is 6.20 Å². The van der Waals surface area contributed by atoms with Crippen molar-refractivity contribution >= 4 is 22.4 Å². The molecule has 0 saturated heterocycles. The molecule has 0 unspecified atom stereocenters. The summed E-state index contributed by atoms with van der Waals surface area (Å²) in [5.74, 6) is 1.41. The van der Waals surface area contributed by atoms with Crippen molar-refractivity contribution < 1.29 is 0 Å². The van der Waals surface area contributed by atoms with Crippen molar-refractivity contribution in [1.29, 1.82) is 0 Å². The summed E-state index contributed by atoms with van der Waals surface area (Å²) in [5, 5.41) is 5.63. The molecule has 0 aliphatic rings. The number of aromatic nitrogens is 4. The minimum Gasteiger partial charge on any atom is -0.355 e. The molecule has 0 fully saturated rings. The zero-order valence-corrected chi connectivity index (χ0v) is 14.7. The third kappa shape index (κ3) is 2.82. The van der Waals surface area contributed by atoms with Gasteiger partial charge in [-0.25, -0.2) is 4.98 Å². The van der Waals surface area contributed by atoms with E-state index >= 15 is 0 Å². The molecule has 3 heterocycles.